The summed E-state index contributed by atoms with van der Waals surface area (Å²) in [4.78, 5) is 45.5. The molecule has 0 N–H and O–H groups in total. The highest BCUT2D eigenvalue weighted by Gasteiger charge is 2.36. The van der Waals surface area contributed by atoms with Crippen LogP contribution in [-0.4, -0.2) is 65.3 Å². The Morgan fingerprint density at radius 3 is 2.05 bits per heavy atom. The Bertz CT molecular complexity index is 1390. The highest BCUT2D eigenvalue weighted by Crippen LogP contribution is 2.37. The number of benzene rings is 3. The van der Waals surface area contributed by atoms with E-state index in [9.17, 15) is 14.4 Å². The number of ether oxygens (including phenoxy) is 1. The number of hydrogen-bond donors (Lipinski definition) is 0. The molecular weight excluding hydrogens is 514 g/mol. The average molecular weight is 552 g/mol. The number of esters is 1. The van der Waals surface area contributed by atoms with Gasteiger partial charge in [0.2, 0.25) is 5.91 Å². The average Bonchev–Trinajstić information content (AvgIpc) is 3.00. The van der Waals surface area contributed by atoms with Crippen molar-refractivity contribution < 1.29 is 19.1 Å². The molecule has 7 heteroatoms. The second-order valence-electron chi connectivity index (χ2n) is 10.6. The van der Waals surface area contributed by atoms with Gasteiger partial charge in [-0.2, -0.15) is 0 Å². The minimum Gasteiger partial charge on any atom is -0.463 e. The van der Waals surface area contributed by atoms with Crippen LogP contribution in [0, 0.1) is 0 Å². The van der Waals surface area contributed by atoms with Crippen LogP contribution in [-0.2, 0) is 27.4 Å². The maximum atomic E-state index is 13.3. The Morgan fingerprint density at radius 1 is 0.805 bits per heavy atom. The van der Waals surface area contributed by atoms with E-state index in [1.54, 1.807) is 11.8 Å². The molecule has 2 aliphatic heterocycles. The Balaban J connectivity index is 1.25. The zero-order valence-corrected chi connectivity index (χ0v) is 23.8. The van der Waals surface area contributed by atoms with Crippen molar-refractivity contribution in [2.24, 2.45) is 0 Å². The summed E-state index contributed by atoms with van der Waals surface area (Å²) in [7, 11) is 0. The number of carbonyl (C=O) groups is 3. The van der Waals surface area contributed by atoms with E-state index in [2.05, 4.69) is 29.2 Å². The van der Waals surface area contributed by atoms with E-state index in [0.29, 0.717) is 36.5 Å². The van der Waals surface area contributed by atoms with Gasteiger partial charge in [-0.05, 0) is 42.7 Å². The van der Waals surface area contributed by atoms with Crippen molar-refractivity contribution in [2.45, 2.75) is 39.3 Å². The van der Waals surface area contributed by atoms with Gasteiger partial charge in [-0.25, -0.2) is 4.79 Å². The molecule has 7 nitrogen and oxygen atoms in total. The van der Waals surface area contributed by atoms with Gasteiger partial charge in [-0.3, -0.25) is 14.5 Å². The highest BCUT2D eigenvalue weighted by molar-refractivity contribution is 5.96. The Morgan fingerprint density at radius 2 is 1.41 bits per heavy atom. The van der Waals surface area contributed by atoms with Gasteiger partial charge in [0.15, 0.2) is 0 Å². The molecule has 2 heterocycles. The zero-order chi connectivity index (χ0) is 28.8. The Kier molecular flexibility index (Phi) is 8.95. The van der Waals surface area contributed by atoms with Crippen LogP contribution in [0.1, 0.15) is 53.2 Å². The number of amides is 2. The van der Waals surface area contributed by atoms with Crippen molar-refractivity contribution in [1.82, 2.24) is 14.7 Å². The van der Waals surface area contributed by atoms with E-state index in [0.717, 1.165) is 30.8 Å². The van der Waals surface area contributed by atoms with Crippen LogP contribution in [0.5, 0.6) is 0 Å². The summed E-state index contributed by atoms with van der Waals surface area (Å²) < 4.78 is 5.39. The van der Waals surface area contributed by atoms with Crippen molar-refractivity contribution in [3.05, 3.63) is 118 Å². The SMILES string of the molecule is CCOC(=O)C1=C(C)N(Cc2ccc(C(=O)N3CCN(Cc4ccccc4)CC3)cc2)C(=O)CC1c1ccccc1. The number of carbonyl (C=O) groups excluding carboxylic acids is 3. The van der Waals surface area contributed by atoms with Crippen LogP contribution >= 0.6 is 0 Å². The largest absolute Gasteiger partial charge is 0.463 e. The molecule has 1 fully saturated rings. The second-order valence-corrected chi connectivity index (χ2v) is 10.6. The van der Waals surface area contributed by atoms with Crippen molar-refractivity contribution in [2.75, 3.05) is 32.8 Å². The van der Waals surface area contributed by atoms with Gasteiger partial charge in [0, 0.05) is 56.3 Å². The molecule has 0 bridgehead atoms. The first kappa shape index (κ1) is 28.3. The minimum absolute atomic E-state index is 0.0244. The summed E-state index contributed by atoms with van der Waals surface area (Å²) in [5.41, 5.74) is 4.87. The van der Waals surface area contributed by atoms with Gasteiger partial charge >= 0.3 is 5.97 Å². The van der Waals surface area contributed by atoms with Crippen LogP contribution in [0.15, 0.2) is 96.2 Å². The van der Waals surface area contributed by atoms with Crippen molar-refractivity contribution in [3.8, 4) is 0 Å². The van der Waals surface area contributed by atoms with Gasteiger partial charge in [-0.1, -0.05) is 72.8 Å². The second kappa shape index (κ2) is 13.0. The normalized spacial score (nSPS) is 18.0. The first-order valence-corrected chi connectivity index (χ1v) is 14.3. The van der Waals surface area contributed by atoms with Gasteiger partial charge < -0.3 is 14.5 Å². The fourth-order valence-corrected chi connectivity index (χ4v) is 5.72. The predicted octanol–water partition coefficient (Wildman–Crippen LogP) is 5.00. The molecule has 3 aromatic carbocycles. The molecule has 212 valence electrons. The maximum absolute atomic E-state index is 13.3. The van der Waals surface area contributed by atoms with Crippen LogP contribution in [0.2, 0.25) is 0 Å². The third-order valence-electron chi connectivity index (χ3n) is 7.97. The summed E-state index contributed by atoms with van der Waals surface area (Å²) in [6, 6.07) is 27.5. The fraction of sp³-hybridized carbons (Fsp3) is 0.324. The third-order valence-corrected chi connectivity index (χ3v) is 7.97. The lowest BCUT2D eigenvalue weighted by molar-refractivity contribution is -0.140. The monoisotopic (exact) mass is 551 g/mol. The smallest absolute Gasteiger partial charge is 0.336 e. The van der Waals surface area contributed by atoms with Crippen molar-refractivity contribution in [3.63, 3.8) is 0 Å². The zero-order valence-electron chi connectivity index (χ0n) is 23.8. The molecule has 0 aromatic heterocycles. The first-order valence-electron chi connectivity index (χ1n) is 14.3. The molecule has 2 aliphatic rings. The lowest BCUT2D eigenvalue weighted by Gasteiger charge is -2.35. The predicted molar refractivity (Wildman–Crippen MR) is 158 cm³/mol. The highest BCUT2D eigenvalue weighted by atomic mass is 16.5. The quantitative estimate of drug-likeness (QED) is 0.369. The Labute approximate surface area is 242 Å². The molecule has 1 unspecified atom stereocenters. The Hall–Kier alpha value is -4.23. The van der Waals surface area contributed by atoms with E-state index < -0.39 is 0 Å². The number of hydrogen-bond acceptors (Lipinski definition) is 5. The maximum Gasteiger partial charge on any atom is 0.336 e. The lowest BCUT2D eigenvalue weighted by Crippen LogP contribution is -2.48. The molecule has 1 atom stereocenters. The summed E-state index contributed by atoms with van der Waals surface area (Å²) in [6.45, 7) is 8.15. The molecule has 0 aliphatic carbocycles. The van der Waals surface area contributed by atoms with Crippen molar-refractivity contribution in [1.29, 1.82) is 0 Å². The van der Waals surface area contributed by atoms with Crippen LogP contribution in [0.25, 0.3) is 0 Å². The molecular formula is C34H37N3O4. The number of nitrogens with zero attached hydrogens (tertiary/aromatic N) is 3. The van der Waals surface area contributed by atoms with Crippen LogP contribution < -0.4 is 0 Å². The minimum atomic E-state index is -0.388. The number of allylic oxidation sites excluding steroid dienone is 1. The van der Waals surface area contributed by atoms with E-state index in [1.807, 2.05) is 72.5 Å². The van der Waals surface area contributed by atoms with Gasteiger partial charge in [0.1, 0.15) is 0 Å². The van der Waals surface area contributed by atoms with Crippen LogP contribution in [0.4, 0.5) is 0 Å². The molecule has 0 spiro atoms. The standard InChI is InChI=1S/C34H37N3O4/c1-3-41-34(40)32-25(2)37(31(38)22-30(32)28-12-8-5-9-13-28)24-27-14-16-29(17-15-27)33(39)36-20-18-35(19-21-36)23-26-10-6-4-7-11-26/h4-17,30H,3,18-24H2,1-2H3. The molecule has 3 aromatic rings. The van der Waals surface area contributed by atoms with Gasteiger partial charge in [-0.15, -0.1) is 0 Å². The van der Waals surface area contributed by atoms with Gasteiger partial charge in [0.25, 0.3) is 5.91 Å². The molecule has 5 rings (SSSR count). The van der Waals surface area contributed by atoms with Crippen LogP contribution in [0.3, 0.4) is 0 Å². The summed E-state index contributed by atoms with van der Waals surface area (Å²) in [5, 5.41) is 0. The molecule has 0 radical (unpaired) electrons. The summed E-state index contributed by atoms with van der Waals surface area (Å²) in [5.74, 6) is -0.748. The molecule has 2 amide bonds. The van der Waals surface area contributed by atoms with E-state index in [1.165, 1.54) is 5.56 Å². The van der Waals surface area contributed by atoms with E-state index in [-0.39, 0.29) is 36.7 Å². The van der Waals surface area contributed by atoms with E-state index in [4.69, 9.17) is 4.74 Å². The number of rotatable bonds is 8. The third kappa shape index (κ3) is 6.57. The lowest BCUT2D eigenvalue weighted by atomic mass is 9.83. The number of piperazine rings is 1. The fourth-order valence-electron chi connectivity index (χ4n) is 5.72. The molecule has 1 saturated heterocycles. The first-order chi connectivity index (χ1) is 19.9. The summed E-state index contributed by atoms with van der Waals surface area (Å²) in [6.07, 6.45) is 0.197. The van der Waals surface area contributed by atoms with E-state index >= 15 is 0 Å². The topological polar surface area (TPSA) is 70.2 Å². The molecule has 41 heavy (non-hydrogen) atoms. The van der Waals surface area contributed by atoms with Crippen molar-refractivity contribution >= 4 is 17.8 Å². The summed E-state index contributed by atoms with van der Waals surface area (Å²) >= 11 is 0. The molecule has 0 saturated carbocycles. The van der Waals surface area contributed by atoms with Gasteiger partial charge in [0.05, 0.1) is 18.7 Å².